The van der Waals surface area contributed by atoms with E-state index >= 15 is 0 Å². The van der Waals surface area contributed by atoms with Crippen LogP contribution in [0.15, 0.2) is 36.7 Å². The lowest BCUT2D eigenvalue weighted by Crippen LogP contribution is -2.51. The first kappa shape index (κ1) is 31.6. The third-order valence-corrected chi connectivity index (χ3v) is 7.98. The van der Waals surface area contributed by atoms with E-state index in [4.69, 9.17) is 18.9 Å². The Bertz CT molecular complexity index is 1480. The van der Waals surface area contributed by atoms with Crippen molar-refractivity contribution >= 4 is 17.4 Å². The van der Waals surface area contributed by atoms with Crippen LogP contribution in [0.1, 0.15) is 49.4 Å². The Morgan fingerprint density at radius 3 is 2.55 bits per heavy atom. The highest BCUT2D eigenvalue weighted by Crippen LogP contribution is 2.40. The molecule has 3 aromatic rings. The highest BCUT2D eigenvalue weighted by molar-refractivity contribution is 6.02. The molecule has 11 nitrogen and oxygen atoms in total. The van der Waals surface area contributed by atoms with Gasteiger partial charge in [0.1, 0.15) is 41.2 Å². The van der Waals surface area contributed by atoms with E-state index in [0.717, 1.165) is 12.8 Å². The maximum Gasteiger partial charge on any atom is 0.387 e. The molecule has 238 valence electrons. The Morgan fingerprint density at radius 2 is 1.89 bits per heavy atom. The van der Waals surface area contributed by atoms with Gasteiger partial charge in [0.15, 0.2) is 11.4 Å². The number of ketones is 1. The molecule has 0 spiro atoms. The standard InChI is InChI=1S/C31H37F2N3O8/c1-3-42-29(39)31(40)7-10-35(11-8-31)17-21(37)18-43-22-6-9-36-23(16-34-27(36)15-22)20-13-25(41-2)28(24(38)12-19-4-5-19)26(14-20)44-30(32)33/h6,9,13-16,19,21,30,37,40H,3-5,7-8,10-12,17-18H2,1-2H3. The van der Waals surface area contributed by atoms with Crippen LogP contribution >= 0.6 is 0 Å². The number of alkyl halides is 2. The van der Waals surface area contributed by atoms with Crippen LogP contribution in [-0.2, 0) is 9.53 Å². The molecule has 13 heteroatoms. The number of carbonyl (C=O) groups is 2. The number of rotatable bonds is 14. The third-order valence-electron chi connectivity index (χ3n) is 7.98. The van der Waals surface area contributed by atoms with Crippen LogP contribution in [0.5, 0.6) is 17.2 Å². The van der Waals surface area contributed by atoms with Gasteiger partial charge in [0.25, 0.3) is 0 Å². The molecule has 0 amide bonds. The number of aliphatic hydroxyl groups excluding tert-OH is 1. The van der Waals surface area contributed by atoms with Crippen LogP contribution < -0.4 is 14.2 Å². The van der Waals surface area contributed by atoms with E-state index < -0.39 is 24.3 Å². The predicted octanol–water partition coefficient (Wildman–Crippen LogP) is 3.72. The van der Waals surface area contributed by atoms with Crippen LogP contribution in [0.4, 0.5) is 8.78 Å². The van der Waals surface area contributed by atoms with Crippen LogP contribution in [0, 0.1) is 5.92 Å². The number of pyridine rings is 1. The van der Waals surface area contributed by atoms with Crippen molar-refractivity contribution in [3.05, 3.63) is 42.2 Å². The number of halogens is 2. The van der Waals surface area contributed by atoms with Crippen molar-refractivity contribution < 1.29 is 47.5 Å². The number of esters is 1. The molecule has 2 aromatic heterocycles. The number of aliphatic hydroxyl groups is 2. The number of fused-ring (bicyclic) bond motifs is 1. The molecule has 1 saturated heterocycles. The van der Waals surface area contributed by atoms with Gasteiger partial charge in [0, 0.05) is 43.9 Å². The SMILES string of the molecule is CCOC(=O)C1(O)CCN(CC(O)COc2ccn3c(-c4cc(OC)c(C(=O)CC5CC5)c(OC(F)F)c4)cnc3c2)CC1. The van der Waals surface area contributed by atoms with Gasteiger partial charge in [0.05, 0.1) is 25.6 Å². The molecule has 0 bridgehead atoms. The molecule has 2 fully saturated rings. The zero-order chi connectivity index (χ0) is 31.4. The van der Waals surface area contributed by atoms with Crippen molar-refractivity contribution in [2.24, 2.45) is 5.92 Å². The van der Waals surface area contributed by atoms with Crippen molar-refractivity contribution in [1.29, 1.82) is 0 Å². The molecule has 5 rings (SSSR count). The number of nitrogens with zero attached hydrogens (tertiary/aromatic N) is 3. The van der Waals surface area contributed by atoms with Gasteiger partial charge in [-0.1, -0.05) is 0 Å². The average molecular weight is 618 g/mol. The molecule has 1 aliphatic heterocycles. The van der Waals surface area contributed by atoms with Gasteiger partial charge in [-0.25, -0.2) is 9.78 Å². The molecule has 1 aliphatic carbocycles. The largest absolute Gasteiger partial charge is 0.496 e. The smallest absolute Gasteiger partial charge is 0.387 e. The molecule has 1 atom stereocenters. The van der Waals surface area contributed by atoms with Gasteiger partial charge in [-0.3, -0.25) is 9.20 Å². The van der Waals surface area contributed by atoms with E-state index in [0.29, 0.717) is 42.3 Å². The summed E-state index contributed by atoms with van der Waals surface area (Å²) in [5.41, 5.74) is 0.0348. The van der Waals surface area contributed by atoms with E-state index in [1.54, 1.807) is 41.9 Å². The summed E-state index contributed by atoms with van der Waals surface area (Å²) >= 11 is 0. The zero-order valence-electron chi connectivity index (χ0n) is 24.7. The van der Waals surface area contributed by atoms with E-state index in [1.807, 2.05) is 4.90 Å². The number of Topliss-reactive ketones (excluding diaryl/α,β-unsaturated/α-hetero) is 1. The summed E-state index contributed by atoms with van der Waals surface area (Å²) in [7, 11) is 1.38. The lowest BCUT2D eigenvalue weighted by atomic mass is 9.91. The fourth-order valence-electron chi connectivity index (χ4n) is 5.43. The van der Waals surface area contributed by atoms with Gasteiger partial charge in [-0.2, -0.15) is 8.78 Å². The van der Waals surface area contributed by atoms with E-state index in [1.165, 1.54) is 13.2 Å². The number of β-amino-alcohol motifs (C(OH)–C–C–N with tert-alkyl or cyclic N) is 1. The lowest BCUT2D eigenvalue weighted by Gasteiger charge is -2.37. The van der Waals surface area contributed by atoms with E-state index in [2.05, 4.69) is 4.98 Å². The number of methoxy groups -OCH3 is 1. The summed E-state index contributed by atoms with van der Waals surface area (Å²) in [4.78, 5) is 31.3. The van der Waals surface area contributed by atoms with Crippen LogP contribution in [0.2, 0.25) is 0 Å². The predicted molar refractivity (Wildman–Crippen MR) is 154 cm³/mol. The molecular weight excluding hydrogens is 580 g/mol. The third kappa shape index (κ3) is 7.28. The first-order chi connectivity index (χ1) is 21.1. The molecule has 2 N–H and O–H groups in total. The minimum Gasteiger partial charge on any atom is -0.496 e. The number of carbonyl (C=O) groups excluding carboxylic acids is 2. The van der Waals surface area contributed by atoms with Gasteiger partial charge in [-0.15, -0.1) is 0 Å². The summed E-state index contributed by atoms with van der Waals surface area (Å²) in [6.45, 7) is -0.0604. The maximum absolute atomic E-state index is 13.3. The topological polar surface area (TPSA) is 132 Å². The molecule has 1 aromatic carbocycles. The zero-order valence-corrected chi connectivity index (χ0v) is 24.7. The van der Waals surface area contributed by atoms with Gasteiger partial charge in [-0.05, 0) is 56.7 Å². The molecular formula is C31H37F2N3O8. The average Bonchev–Trinajstić information content (AvgIpc) is 3.71. The Balaban J connectivity index is 1.25. The monoisotopic (exact) mass is 617 g/mol. The van der Waals surface area contributed by atoms with Crippen molar-refractivity contribution in [1.82, 2.24) is 14.3 Å². The minimum atomic E-state index is -3.12. The molecule has 1 saturated carbocycles. The van der Waals surface area contributed by atoms with E-state index in [9.17, 15) is 28.6 Å². The van der Waals surface area contributed by atoms with Crippen molar-refractivity contribution in [3.63, 3.8) is 0 Å². The highest BCUT2D eigenvalue weighted by Gasteiger charge is 2.41. The fourth-order valence-corrected chi connectivity index (χ4v) is 5.43. The lowest BCUT2D eigenvalue weighted by molar-refractivity contribution is -0.170. The molecule has 3 heterocycles. The molecule has 2 aliphatic rings. The van der Waals surface area contributed by atoms with Crippen molar-refractivity contribution in [2.45, 2.75) is 57.3 Å². The number of ether oxygens (including phenoxy) is 4. The van der Waals surface area contributed by atoms with Gasteiger partial charge >= 0.3 is 12.6 Å². The maximum atomic E-state index is 13.3. The minimum absolute atomic E-state index is 0.00422. The number of piperidine rings is 1. The quantitative estimate of drug-likeness (QED) is 0.204. The Morgan fingerprint density at radius 1 is 1.16 bits per heavy atom. The number of hydrogen-bond acceptors (Lipinski definition) is 10. The second-order valence-corrected chi connectivity index (χ2v) is 11.3. The highest BCUT2D eigenvalue weighted by atomic mass is 19.3. The normalized spacial score (nSPS) is 17.4. The summed E-state index contributed by atoms with van der Waals surface area (Å²) in [5, 5.41) is 21.1. The fraction of sp³-hybridized carbons (Fsp3) is 0.516. The second-order valence-electron chi connectivity index (χ2n) is 11.3. The number of imidazole rings is 1. The number of benzene rings is 1. The molecule has 44 heavy (non-hydrogen) atoms. The molecule has 0 radical (unpaired) electrons. The summed E-state index contributed by atoms with van der Waals surface area (Å²) < 4.78 is 49.4. The van der Waals surface area contributed by atoms with Crippen molar-refractivity contribution in [2.75, 3.05) is 40.0 Å². The first-order valence-electron chi connectivity index (χ1n) is 14.7. The van der Waals surface area contributed by atoms with Crippen LogP contribution in [0.25, 0.3) is 16.9 Å². The Kier molecular flexibility index (Phi) is 9.66. The second kappa shape index (κ2) is 13.4. The summed E-state index contributed by atoms with van der Waals surface area (Å²) in [6, 6.07) is 6.37. The van der Waals surface area contributed by atoms with E-state index in [-0.39, 0.29) is 61.2 Å². The van der Waals surface area contributed by atoms with Crippen molar-refractivity contribution in [3.8, 4) is 28.5 Å². The van der Waals surface area contributed by atoms with Gasteiger partial charge < -0.3 is 34.1 Å². The Hall–Kier alpha value is -3.81. The summed E-state index contributed by atoms with van der Waals surface area (Å²) in [6.07, 6.45) is 5.01. The van der Waals surface area contributed by atoms with Crippen LogP contribution in [0.3, 0.4) is 0 Å². The van der Waals surface area contributed by atoms with Gasteiger partial charge in [0.2, 0.25) is 0 Å². The number of likely N-dealkylation sites (tertiary alicyclic amines) is 1. The first-order valence-corrected chi connectivity index (χ1v) is 14.7. The summed E-state index contributed by atoms with van der Waals surface area (Å²) in [5.74, 6) is -0.295. The Labute approximate surface area is 253 Å². The van der Waals surface area contributed by atoms with Crippen LogP contribution in [-0.4, -0.2) is 94.5 Å². The number of aromatic nitrogens is 2. The number of hydrogen-bond donors (Lipinski definition) is 2. The molecule has 1 unspecified atom stereocenters.